The van der Waals surface area contributed by atoms with E-state index in [4.69, 9.17) is 4.74 Å². The van der Waals surface area contributed by atoms with Gasteiger partial charge in [0, 0.05) is 31.3 Å². The fourth-order valence-corrected chi connectivity index (χ4v) is 2.70. The minimum Gasteiger partial charge on any atom is -0.378 e. The van der Waals surface area contributed by atoms with Crippen LogP contribution in [0.1, 0.15) is 11.3 Å². The second kappa shape index (κ2) is 6.21. The monoisotopic (exact) mass is 320 g/mol. The van der Waals surface area contributed by atoms with E-state index in [9.17, 15) is 0 Å². The highest BCUT2D eigenvalue weighted by Gasteiger charge is 2.08. The summed E-state index contributed by atoms with van der Waals surface area (Å²) in [5.41, 5.74) is 2.91. The molecule has 0 spiro atoms. The Hall–Kier alpha value is -3.06. The molecule has 0 fully saturated rings. The molecule has 1 aromatic carbocycles. The minimum absolute atomic E-state index is 0.424. The third kappa shape index (κ3) is 2.65. The van der Waals surface area contributed by atoms with Gasteiger partial charge in [-0.2, -0.15) is 14.6 Å². The second-order valence-corrected chi connectivity index (χ2v) is 5.38. The third-order valence-electron chi connectivity index (χ3n) is 3.77. The lowest BCUT2D eigenvalue weighted by molar-refractivity contribution is 0.181. The molecule has 1 N–H and O–H groups in total. The molecule has 0 bridgehead atoms. The number of ether oxygens (including phenoxy) is 1. The number of hydrogen-bond donors (Lipinski definition) is 1. The maximum absolute atomic E-state index is 5.17. The quantitative estimate of drug-likeness (QED) is 0.608. The molecule has 3 aromatic heterocycles. The average Bonchev–Trinajstić information content (AvgIpc) is 3.08. The van der Waals surface area contributed by atoms with Gasteiger partial charge in [0.05, 0.1) is 17.8 Å². The number of nitrogens with one attached hydrogen (secondary N) is 1. The fraction of sp³-hybridized carbons (Fsp3) is 0.176. The van der Waals surface area contributed by atoms with Crippen molar-refractivity contribution in [3.63, 3.8) is 0 Å². The molecule has 7 heteroatoms. The first-order valence-electron chi connectivity index (χ1n) is 7.60. The molecule has 0 amide bonds. The number of pyridine rings is 1. The minimum atomic E-state index is 0.424. The molecular weight excluding hydrogens is 304 g/mol. The largest absolute Gasteiger partial charge is 0.378 e. The number of fused-ring (bicyclic) bond motifs is 2. The van der Waals surface area contributed by atoms with E-state index in [0.717, 1.165) is 28.0 Å². The molecule has 4 aromatic rings. The van der Waals surface area contributed by atoms with Crippen molar-refractivity contribution in [2.45, 2.75) is 13.2 Å². The molecule has 3 heterocycles. The Kier molecular flexibility index (Phi) is 3.76. The average molecular weight is 320 g/mol. The van der Waals surface area contributed by atoms with Gasteiger partial charge in [-0.05, 0) is 11.6 Å². The highest BCUT2D eigenvalue weighted by Crippen LogP contribution is 2.18. The van der Waals surface area contributed by atoms with Gasteiger partial charge in [-0.3, -0.25) is 4.98 Å². The SMILES string of the molecule is COCc1cc(NCc2cccc3cccnc23)n2ncnc2n1. The van der Waals surface area contributed by atoms with Crippen LogP contribution < -0.4 is 5.32 Å². The summed E-state index contributed by atoms with van der Waals surface area (Å²) in [6.07, 6.45) is 3.30. The Labute approximate surface area is 138 Å². The number of benzene rings is 1. The maximum atomic E-state index is 5.17. The summed E-state index contributed by atoms with van der Waals surface area (Å²) in [7, 11) is 1.64. The molecule has 0 saturated carbocycles. The summed E-state index contributed by atoms with van der Waals surface area (Å²) < 4.78 is 6.85. The Bertz CT molecular complexity index is 991. The van der Waals surface area contributed by atoms with E-state index in [1.807, 2.05) is 24.4 Å². The van der Waals surface area contributed by atoms with Crippen LogP contribution in [0.2, 0.25) is 0 Å². The number of rotatable bonds is 5. The standard InChI is InChI=1S/C17H16N6O/c1-24-10-14-8-15(23-17(22-14)20-11-21-23)19-9-13-5-2-4-12-6-3-7-18-16(12)13/h2-8,11,19H,9-10H2,1H3. The molecule has 0 aliphatic heterocycles. The first kappa shape index (κ1) is 14.5. The van der Waals surface area contributed by atoms with Crippen LogP contribution in [-0.2, 0) is 17.9 Å². The fourth-order valence-electron chi connectivity index (χ4n) is 2.70. The van der Waals surface area contributed by atoms with Crippen LogP contribution in [-0.4, -0.2) is 31.7 Å². The zero-order chi connectivity index (χ0) is 16.4. The summed E-state index contributed by atoms with van der Waals surface area (Å²) in [6.45, 7) is 1.05. The molecule has 0 atom stereocenters. The summed E-state index contributed by atoms with van der Waals surface area (Å²) >= 11 is 0. The van der Waals surface area contributed by atoms with Crippen molar-refractivity contribution in [1.82, 2.24) is 24.6 Å². The number of aromatic nitrogens is 5. The predicted octanol–water partition coefficient (Wildman–Crippen LogP) is 2.43. The van der Waals surface area contributed by atoms with Gasteiger partial charge >= 0.3 is 0 Å². The van der Waals surface area contributed by atoms with Crippen LogP contribution in [0.4, 0.5) is 5.82 Å². The van der Waals surface area contributed by atoms with E-state index in [1.54, 1.807) is 11.6 Å². The number of anilines is 1. The van der Waals surface area contributed by atoms with Crippen molar-refractivity contribution in [1.29, 1.82) is 0 Å². The number of hydrogen-bond acceptors (Lipinski definition) is 6. The molecule has 7 nitrogen and oxygen atoms in total. The first-order chi connectivity index (χ1) is 11.8. The van der Waals surface area contributed by atoms with Gasteiger partial charge in [-0.15, -0.1) is 0 Å². The third-order valence-corrected chi connectivity index (χ3v) is 3.77. The lowest BCUT2D eigenvalue weighted by atomic mass is 10.1. The van der Waals surface area contributed by atoms with E-state index in [-0.39, 0.29) is 0 Å². The lowest BCUT2D eigenvalue weighted by Crippen LogP contribution is -2.08. The second-order valence-electron chi connectivity index (χ2n) is 5.38. The number of para-hydroxylation sites is 1. The van der Waals surface area contributed by atoms with E-state index >= 15 is 0 Å². The van der Waals surface area contributed by atoms with Crippen molar-refractivity contribution in [2.24, 2.45) is 0 Å². The molecular formula is C17H16N6O. The number of methoxy groups -OCH3 is 1. The topological polar surface area (TPSA) is 77.2 Å². The summed E-state index contributed by atoms with van der Waals surface area (Å²) in [5.74, 6) is 1.36. The van der Waals surface area contributed by atoms with Crippen molar-refractivity contribution < 1.29 is 4.74 Å². The van der Waals surface area contributed by atoms with Crippen LogP contribution in [0.15, 0.2) is 48.9 Å². The van der Waals surface area contributed by atoms with Gasteiger partial charge in [0.25, 0.3) is 5.78 Å². The highest BCUT2D eigenvalue weighted by molar-refractivity contribution is 5.81. The molecule has 0 aliphatic rings. The predicted molar refractivity (Wildman–Crippen MR) is 90.6 cm³/mol. The van der Waals surface area contributed by atoms with Gasteiger partial charge in [-0.25, -0.2) is 4.98 Å². The van der Waals surface area contributed by atoms with Crippen LogP contribution >= 0.6 is 0 Å². The highest BCUT2D eigenvalue weighted by atomic mass is 16.5. The maximum Gasteiger partial charge on any atom is 0.254 e. The van der Waals surface area contributed by atoms with Gasteiger partial charge < -0.3 is 10.1 Å². The smallest absolute Gasteiger partial charge is 0.254 e. The molecule has 0 aliphatic carbocycles. The van der Waals surface area contributed by atoms with Crippen molar-refractivity contribution in [3.8, 4) is 0 Å². The Morgan fingerprint density at radius 3 is 3.00 bits per heavy atom. The van der Waals surface area contributed by atoms with Crippen LogP contribution in [0, 0.1) is 0 Å². The Balaban J connectivity index is 1.68. The van der Waals surface area contributed by atoms with Crippen molar-refractivity contribution >= 4 is 22.5 Å². The van der Waals surface area contributed by atoms with Gasteiger partial charge in [0.2, 0.25) is 0 Å². The normalized spacial score (nSPS) is 11.2. The zero-order valence-electron chi connectivity index (χ0n) is 13.2. The Morgan fingerprint density at radius 1 is 1.17 bits per heavy atom. The van der Waals surface area contributed by atoms with Crippen LogP contribution in [0.3, 0.4) is 0 Å². The zero-order valence-corrected chi connectivity index (χ0v) is 13.2. The number of nitrogens with zero attached hydrogens (tertiary/aromatic N) is 5. The summed E-state index contributed by atoms with van der Waals surface area (Å²) in [4.78, 5) is 13.0. The van der Waals surface area contributed by atoms with Gasteiger partial charge in [-0.1, -0.05) is 24.3 Å². The van der Waals surface area contributed by atoms with E-state index < -0.39 is 0 Å². The van der Waals surface area contributed by atoms with Gasteiger partial charge in [0.1, 0.15) is 12.1 Å². The molecule has 0 saturated heterocycles. The van der Waals surface area contributed by atoms with E-state index in [1.165, 1.54) is 6.33 Å². The lowest BCUT2D eigenvalue weighted by Gasteiger charge is -2.11. The summed E-state index contributed by atoms with van der Waals surface area (Å²) in [6, 6.07) is 12.1. The molecule has 120 valence electrons. The van der Waals surface area contributed by atoms with E-state index in [0.29, 0.717) is 18.9 Å². The molecule has 0 unspecified atom stereocenters. The Morgan fingerprint density at radius 2 is 2.08 bits per heavy atom. The molecule has 0 radical (unpaired) electrons. The molecule has 24 heavy (non-hydrogen) atoms. The van der Waals surface area contributed by atoms with Crippen LogP contribution in [0.25, 0.3) is 16.7 Å². The van der Waals surface area contributed by atoms with Crippen molar-refractivity contribution in [2.75, 3.05) is 12.4 Å². The van der Waals surface area contributed by atoms with Gasteiger partial charge in [0.15, 0.2) is 0 Å². The van der Waals surface area contributed by atoms with Crippen LogP contribution in [0.5, 0.6) is 0 Å². The summed E-state index contributed by atoms with van der Waals surface area (Å²) in [5, 5.41) is 8.75. The van der Waals surface area contributed by atoms with E-state index in [2.05, 4.69) is 43.6 Å². The molecule has 4 rings (SSSR count). The van der Waals surface area contributed by atoms with Crippen molar-refractivity contribution in [3.05, 3.63) is 60.2 Å². The first-order valence-corrected chi connectivity index (χ1v) is 7.60.